The van der Waals surface area contributed by atoms with Crippen molar-refractivity contribution in [1.29, 1.82) is 0 Å². The van der Waals surface area contributed by atoms with Crippen molar-refractivity contribution in [2.24, 2.45) is 5.92 Å². The molecule has 1 aliphatic heterocycles. The summed E-state index contributed by atoms with van der Waals surface area (Å²) < 4.78 is 11.2. The number of carboxylic acids is 1. The van der Waals surface area contributed by atoms with Gasteiger partial charge in [-0.3, -0.25) is 0 Å². The number of fused-ring (bicyclic) bond motifs is 1. The molecule has 0 unspecified atom stereocenters. The summed E-state index contributed by atoms with van der Waals surface area (Å²) in [5.74, 6) is 0.855. The molecule has 0 aliphatic carbocycles. The Morgan fingerprint density at radius 2 is 2.42 bits per heavy atom. The lowest BCUT2D eigenvalue weighted by molar-refractivity contribution is -0.131. The minimum Gasteiger partial charge on any atom is -0.493 e. The van der Waals surface area contributed by atoms with Crippen LogP contribution in [0.25, 0.3) is 0 Å². The largest absolute Gasteiger partial charge is 0.493 e. The Bertz CT molecular complexity index is 479. The molecule has 0 saturated heterocycles. The van der Waals surface area contributed by atoms with Gasteiger partial charge < -0.3 is 14.6 Å². The van der Waals surface area contributed by atoms with Gasteiger partial charge in [0.1, 0.15) is 11.5 Å². The van der Waals surface area contributed by atoms with Crippen LogP contribution in [0, 0.1) is 5.92 Å². The Hall–Kier alpha value is -1.97. The summed E-state index contributed by atoms with van der Waals surface area (Å²) in [7, 11) is 0. The van der Waals surface area contributed by atoms with Gasteiger partial charge in [-0.2, -0.15) is 0 Å². The van der Waals surface area contributed by atoms with Crippen molar-refractivity contribution in [3.63, 3.8) is 0 Å². The molecule has 1 aromatic carbocycles. The Labute approximate surface area is 112 Å². The normalized spacial score (nSPS) is 17.8. The molecule has 0 aromatic heterocycles. The van der Waals surface area contributed by atoms with E-state index in [1.807, 2.05) is 18.2 Å². The number of benzene rings is 1. The van der Waals surface area contributed by atoms with Crippen LogP contribution in [-0.2, 0) is 11.2 Å². The number of ether oxygens (including phenoxy) is 2. The van der Waals surface area contributed by atoms with Crippen LogP contribution in [0.3, 0.4) is 0 Å². The van der Waals surface area contributed by atoms with Gasteiger partial charge in [0.2, 0.25) is 0 Å². The van der Waals surface area contributed by atoms with Crippen molar-refractivity contribution in [2.75, 3.05) is 13.2 Å². The summed E-state index contributed by atoms with van der Waals surface area (Å²) in [6, 6.07) is 5.82. The topological polar surface area (TPSA) is 55.8 Å². The molecule has 1 atom stereocenters. The quantitative estimate of drug-likeness (QED) is 0.829. The third-order valence-corrected chi connectivity index (χ3v) is 2.96. The zero-order valence-corrected chi connectivity index (χ0v) is 11.0. The van der Waals surface area contributed by atoms with Crippen LogP contribution in [0.4, 0.5) is 0 Å². The van der Waals surface area contributed by atoms with E-state index in [1.54, 1.807) is 6.08 Å². The molecule has 0 saturated carbocycles. The zero-order valence-electron chi connectivity index (χ0n) is 11.0. The van der Waals surface area contributed by atoms with Crippen molar-refractivity contribution in [3.8, 4) is 11.5 Å². The van der Waals surface area contributed by atoms with Gasteiger partial charge in [0, 0.05) is 18.1 Å². The van der Waals surface area contributed by atoms with E-state index in [1.165, 1.54) is 6.08 Å². The third-order valence-electron chi connectivity index (χ3n) is 2.96. The predicted octanol–water partition coefficient (Wildman–Crippen LogP) is 2.67. The molecule has 2 rings (SSSR count). The molecule has 4 nitrogen and oxygen atoms in total. The molecular weight excluding hydrogens is 244 g/mol. The molecule has 0 radical (unpaired) electrons. The number of carboxylic acid groups (broad SMARTS) is 1. The minimum absolute atomic E-state index is 0.117. The highest BCUT2D eigenvalue weighted by Crippen LogP contribution is 2.31. The average Bonchev–Trinajstić information content (AvgIpc) is 2.42. The Kier molecular flexibility index (Phi) is 4.44. The maximum absolute atomic E-state index is 10.5. The molecule has 19 heavy (non-hydrogen) atoms. The molecule has 4 heteroatoms. The summed E-state index contributed by atoms with van der Waals surface area (Å²) in [5, 5.41) is 8.61. The number of hydrogen-bond acceptors (Lipinski definition) is 3. The Morgan fingerprint density at radius 3 is 3.16 bits per heavy atom. The predicted molar refractivity (Wildman–Crippen MR) is 71.7 cm³/mol. The highest BCUT2D eigenvalue weighted by Gasteiger charge is 2.18. The van der Waals surface area contributed by atoms with Gasteiger partial charge in [0.05, 0.1) is 13.2 Å². The fourth-order valence-corrected chi connectivity index (χ4v) is 2.03. The molecule has 102 valence electrons. The molecule has 1 aromatic rings. The smallest absolute Gasteiger partial charge is 0.327 e. The van der Waals surface area contributed by atoms with E-state index in [2.05, 4.69) is 6.92 Å². The number of hydrogen-bond donors (Lipinski definition) is 1. The molecule has 1 heterocycles. The van der Waals surface area contributed by atoms with Crippen LogP contribution in [0.2, 0.25) is 0 Å². The zero-order chi connectivity index (χ0) is 13.7. The van der Waals surface area contributed by atoms with Crippen molar-refractivity contribution < 1.29 is 19.4 Å². The van der Waals surface area contributed by atoms with E-state index in [0.29, 0.717) is 13.2 Å². The maximum atomic E-state index is 10.5. The summed E-state index contributed by atoms with van der Waals surface area (Å²) in [4.78, 5) is 10.5. The van der Waals surface area contributed by atoms with Crippen molar-refractivity contribution in [3.05, 3.63) is 35.9 Å². The van der Waals surface area contributed by atoms with E-state index in [4.69, 9.17) is 14.6 Å². The van der Waals surface area contributed by atoms with Crippen LogP contribution in [-0.4, -0.2) is 24.3 Å². The molecular formula is C15H18O4. The first-order chi connectivity index (χ1) is 9.19. The van der Waals surface area contributed by atoms with Gasteiger partial charge in [-0.1, -0.05) is 19.1 Å². The first-order valence-corrected chi connectivity index (χ1v) is 6.48. The standard InChI is InChI=1S/C15H18O4/c1-2-7-18-13-5-4-12-8-11(3-6-15(16)17)10-19-14(12)9-13/h3-6,9,11H,2,7-8,10H2,1H3,(H,16,17)/b6-3+/t11-/m0/s1. The number of rotatable bonds is 5. The lowest BCUT2D eigenvalue weighted by Gasteiger charge is -2.23. The van der Waals surface area contributed by atoms with E-state index >= 15 is 0 Å². The molecule has 1 N–H and O–H groups in total. The van der Waals surface area contributed by atoms with Gasteiger partial charge in [0.25, 0.3) is 0 Å². The monoisotopic (exact) mass is 262 g/mol. The summed E-state index contributed by atoms with van der Waals surface area (Å²) in [6.07, 6.45) is 4.64. The van der Waals surface area contributed by atoms with Crippen LogP contribution in [0.1, 0.15) is 18.9 Å². The average molecular weight is 262 g/mol. The number of aliphatic carboxylic acids is 1. The fraction of sp³-hybridized carbons (Fsp3) is 0.400. The molecule has 0 bridgehead atoms. The van der Waals surface area contributed by atoms with Crippen LogP contribution in [0.15, 0.2) is 30.4 Å². The summed E-state index contributed by atoms with van der Waals surface area (Å²) in [5.41, 5.74) is 1.09. The van der Waals surface area contributed by atoms with Crippen molar-refractivity contribution in [2.45, 2.75) is 19.8 Å². The lowest BCUT2D eigenvalue weighted by atomic mass is 9.96. The highest BCUT2D eigenvalue weighted by atomic mass is 16.5. The Balaban J connectivity index is 2.03. The first kappa shape index (κ1) is 13.5. The second kappa shape index (κ2) is 6.27. The van der Waals surface area contributed by atoms with Gasteiger partial charge in [-0.15, -0.1) is 0 Å². The molecule has 0 spiro atoms. The van der Waals surface area contributed by atoms with Crippen LogP contribution < -0.4 is 9.47 Å². The minimum atomic E-state index is -0.922. The van der Waals surface area contributed by atoms with Crippen molar-refractivity contribution in [1.82, 2.24) is 0 Å². The SMILES string of the molecule is CCCOc1ccc2c(c1)OC[C@@H](/C=C/C(=O)O)C2. The molecule has 0 amide bonds. The van der Waals surface area contributed by atoms with Crippen molar-refractivity contribution >= 4 is 5.97 Å². The lowest BCUT2D eigenvalue weighted by Crippen LogP contribution is -2.19. The fourth-order valence-electron chi connectivity index (χ4n) is 2.03. The van der Waals surface area contributed by atoms with E-state index in [0.717, 1.165) is 29.9 Å². The second-order valence-electron chi connectivity index (χ2n) is 4.59. The van der Waals surface area contributed by atoms with Crippen LogP contribution in [0.5, 0.6) is 11.5 Å². The second-order valence-corrected chi connectivity index (χ2v) is 4.59. The third kappa shape index (κ3) is 3.74. The summed E-state index contributed by atoms with van der Waals surface area (Å²) >= 11 is 0. The summed E-state index contributed by atoms with van der Waals surface area (Å²) in [6.45, 7) is 3.27. The van der Waals surface area contributed by atoms with Gasteiger partial charge in [-0.05, 0) is 24.5 Å². The molecule has 0 fully saturated rings. The Morgan fingerprint density at radius 1 is 1.58 bits per heavy atom. The van der Waals surface area contributed by atoms with Gasteiger partial charge >= 0.3 is 5.97 Å². The van der Waals surface area contributed by atoms with E-state index in [9.17, 15) is 4.79 Å². The van der Waals surface area contributed by atoms with E-state index < -0.39 is 5.97 Å². The van der Waals surface area contributed by atoms with Gasteiger partial charge in [-0.25, -0.2) is 4.79 Å². The van der Waals surface area contributed by atoms with Gasteiger partial charge in [0.15, 0.2) is 0 Å². The van der Waals surface area contributed by atoms with E-state index in [-0.39, 0.29) is 5.92 Å². The maximum Gasteiger partial charge on any atom is 0.327 e. The van der Waals surface area contributed by atoms with Crippen LogP contribution >= 0.6 is 0 Å². The number of carbonyl (C=O) groups is 1. The molecule has 1 aliphatic rings. The highest BCUT2D eigenvalue weighted by molar-refractivity contribution is 5.79. The first-order valence-electron chi connectivity index (χ1n) is 6.48.